The van der Waals surface area contributed by atoms with Crippen molar-refractivity contribution in [2.75, 3.05) is 0 Å². The molecular weight excluding hydrogens is 290 g/mol. The summed E-state index contributed by atoms with van der Waals surface area (Å²) >= 11 is 0. The summed E-state index contributed by atoms with van der Waals surface area (Å²) in [6.07, 6.45) is 4.22. The van der Waals surface area contributed by atoms with Gasteiger partial charge in [0.05, 0.1) is 0 Å². The normalized spacial score (nSPS) is 10.7. The maximum absolute atomic E-state index is 2.19. The standard InChI is InChI=1S/C23H19N/c1-24-16-15-23(17-24)22-13-11-21(12-14-22)20-9-7-19(8-10-20)18-5-3-2-4-6-18/h2-17H,1H3. The van der Waals surface area contributed by atoms with Crippen LogP contribution in [0.2, 0.25) is 0 Å². The van der Waals surface area contributed by atoms with Crippen LogP contribution in [0.3, 0.4) is 0 Å². The molecule has 0 N–H and O–H groups in total. The van der Waals surface area contributed by atoms with Crippen LogP contribution >= 0.6 is 0 Å². The predicted molar refractivity (Wildman–Crippen MR) is 102 cm³/mol. The molecule has 1 nitrogen and oxygen atoms in total. The molecule has 1 heteroatoms. The Hall–Kier alpha value is -3.06. The molecule has 4 rings (SSSR count). The van der Waals surface area contributed by atoms with Crippen molar-refractivity contribution in [2.45, 2.75) is 0 Å². The number of benzene rings is 3. The summed E-state index contributed by atoms with van der Waals surface area (Å²) in [6, 6.07) is 30.2. The fourth-order valence-electron chi connectivity index (χ4n) is 3.01. The van der Waals surface area contributed by atoms with Crippen molar-refractivity contribution in [3.05, 3.63) is 97.3 Å². The molecule has 24 heavy (non-hydrogen) atoms. The van der Waals surface area contributed by atoms with E-state index in [1.807, 2.05) is 13.1 Å². The van der Waals surface area contributed by atoms with E-state index >= 15 is 0 Å². The van der Waals surface area contributed by atoms with E-state index in [4.69, 9.17) is 0 Å². The average molecular weight is 309 g/mol. The first-order valence-electron chi connectivity index (χ1n) is 8.18. The Kier molecular flexibility index (Phi) is 3.76. The zero-order valence-corrected chi connectivity index (χ0v) is 13.7. The van der Waals surface area contributed by atoms with Gasteiger partial charge in [0.25, 0.3) is 0 Å². The lowest BCUT2D eigenvalue weighted by Crippen LogP contribution is -1.82. The number of hydrogen-bond acceptors (Lipinski definition) is 0. The van der Waals surface area contributed by atoms with Crippen molar-refractivity contribution in [2.24, 2.45) is 7.05 Å². The molecule has 3 aromatic carbocycles. The Bertz CT molecular complexity index is 930. The van der Waals surface area contributed by atoms with E-state index in [0.29, 0.717) is 0 Å². The smallest absolute Gasteiger partial charge is 0.0110 e. The molecule has 0 saturated heterocycles. The largest absolute Gasteiger partial charge is 0.357 e. The van der Waals surface area contributed by atoms with Crippen LogP contribution < -0.4 is 0 Å². The molecule has 116 valence electrons. The van der Waals surface area contributed by atoms with E-state index in [9.17, 15) is 0 Å². The van der Waals surface area contributed by atoms with Crippen LogP contribution in [0.15, 0.2) is 97.3 Å². The first-order chi connectivity index (χ1) is 11.8. The maximum Gasteiger partial charge on any atom is 0.0110 e. The van der Waals surface area contributed by atoms with Gasteiger partial charge in [-0.05, 0) is 39.4 Å². The van der Waals surface area contributed by atoms with E-state index < -0.39 is 0 Å². The third-order valence-corrected chi connectivity index (χ3v) is 4.38. The van der Waals surface area contributed by atoms with Gasteiger partial charge in [-0.1, -0.05) is 78.9 Å². The molecule has 0 spiro atoms. The van der Waals surface area contributed by atoms with E-state index in [1.165, 1.54) is 33.4 Å². The molecular formula is C23H19N. The van der Waals surface area contributed by atoms with Gasteiger partial charge in [0.1, 0.15) is 0 Å². The fourth-order valence-corrected chi connectivity index (χ4v) is 3.01. The zero-order chi connectivity index (χ0) is 16.4. The summed E-state index contributed by atoms with van der Waals surface area (Å²) < 4.78 is 2.07. The number of aryl methyl sites for hydroxylation is 1. The van der Waals surface area contributed by atoms with Crippen LogP contribution in [0.25, 0.3) is 33.4 Å². The first-order valence-corrected chi connectivity index (χ1v) is 8.18. The molecule has 0 radical (unpaired) electrons. The summed E-state index contributed by atoms with van der Waals surface area (Å²) in [6.45, 7) is 0. The lowest BCUT2D eigenvalue weighted by molar-refractivity contribution is 0.928. The van der Waals surface area contributed by atoms with Crippen LogP contribution in [0.1, 0.15) is 0 Å². The van der Waals surface area contributed by atoms with Crippen molar-refractivity contribution in [1.29, 1.82) is 0 Å². The quantitative estimate of drug-likeness (QED) is 0.435. The highest BCUT2D eigenvalue weighted by atomic mass is 14.9. The minimum absolute atomic E-state index is 1.24. The summed E-state index contributed by atoms with van der Waals surface area (Å²) in [7, 11) is 2.05. The highest BCUT2D eigenvalue weighted by Crippen LogP contribution is 2.27. The number of hydrogen-bond donors (Lipinski definition) is 0. The molecule has 0 atom stereocenters. The van der Waals surface area contributed by atoms with E-state index in [1.54, 1.807) is 0 Å². The van der Waals surface area contributed by atoms with E-state index in [0.717, 1.165) is 0 Å². The van der Waals surface area contributed by atoms with Gasteiger partial charge in [-0.15, -0.1) is 0 Å². The predicted octanol–water partition coefficient (Wildman–Crippen LogP) is 6.03. The molecule has 0 fully saturated rings. The summed E-state index contributed by atoms with van der Waals surface area (Å²) in [4.78, 5) is 0. The number of nitrogens with zero attached hydrogens (tertiary/aromatic N) is 1. The second-order valence-corrected chi connectivity index (χ2v) is 6.09. The molecule has 0 saturated carbocycles. The maximum atomic E-state index is 2.19. The van der Waals surface area contributed by atoms with Crippen LogP contribution in [-0.4, -0.2) is 4.57 Å². The molecule has 1 aromatic heterocycles. The topological polar surface area (TPSA) is 4.93 Å². The van der Waals surface area contributed by atoms with E-state index in [-0.39, 0.29) is 0 Å². The Labute approximate surface area is 142 Å². The molecule has 0 bridgehead atoms. The number of rotatable bonds is 3. The summed E-state index contributed by atoms with van der Waals surface area (Å²) in [5.41, 5.74) is 7.50. The lowest BCUT2D eigenvalue weighted by Gasteiger charge is -2.06. The summed E-state index contributed by atoms with van der Waals surface area (Å²) in [5.74, 6) is 0. The molecule has 0 aliphatic rings. The Balaban J connectivity index is 1.60. The first kappa shape index (κ1) is 14.5. The van der Waals surface area contributed by atoms with Crippen molar-refractivity contribution >= 4 is 0 Å². The van der Waals surface area contributed by atoms with Crippen LogP contribution in [0.4, 0.5) is 0 Å². The van der Waals surface area contributed by atoms with Gasteiger partial charge >= 0.3 is 0 Å². The third-order valence-electron chi connectivity index (χ3n) is 4.38. The van der Waals surface area contributed by atoms with Gasteiger partial charge < -0.3 is 4.57 Å². The minimum Gasteiger partial charge on any atom is -0.357 e. The van der Waals surface area contributed by atoms with Crippen LogP contribution in [0.5, 0.6) is 0 Å². The van der Waals surface area contributed by atoms with Crippen molar-refractivity contribution < 1.29 is 0 Å². The third kappa shape index (κ3) is 2.89. The van der Waals surface area contributed by atoms with Gasteiger partial charge in [0.2, 0.25) is 0 Å². The summed E-state index contributed by atoms with van der Waals surface area (Å²) in [5, 5.41) is 0. The van der Waals surface area contributed by atoms with Gasteiger partial charge in [0, 0.05) is 19.4 Å². The molecule has 0 unspecified atom stereocenters. The Morgan fingerprint density at radius 1 is 0.458 bits per heavy atom. The second kappa shape index (κ2) is 6.21. The average Bonchev–Trinajstić information content (AvgIpc) is 3.09. The number of aromatic nitrogens is 1. The molecule has 0 amide bonds. The van der Waals surface area contributed by atoms with Crippen molar-refractivity contribution in [3.63, 3.8) is 0 Å². The zero-order valence-electron chi connectivity index (χ0n) is 13.7. The second-order valence-electron chi connectivity index (χ2n) is 6.09. The van der Waals surface area contributed by atoms with Gasteiger partial charge in [-0.3, -0.25) is 0 Å². The molecule has 0 aliphatic heterocycles. The molecule has 4 aromatic rings. The highest BCUT2D eigenvalue weighted by Gasteiger charge is 2.02. The van der Waals surface area contributed by atoms with Crippen LogP contribution in [0, 0.1) is 0 Å². The van der Waals surface area contributed by atoms with Gasteiger partial charge in [-0.25, -0.2) is 0 Å². The lowest BCUT2D eigenvalue weighted by atomic mass is 9.99. The van der Waals surface area contributed by atoms with Crippen molar-refractivity contribution in [1.82, 2.24) is 4.57 Å². The fraction of sp³-hybridized carbons (Fsp3) is 0.0435. The Morgan fingerprint density at radius 3 is 1.29 bits per heavy atom. The monoisotopic (exact) mass is 309 g/mol. The van der Waals surface area contributed by atoms with Crippen LogP contribution in [-0.2, 0) is 7.05 Å². The SMILES string of the molecule is Cn1ccc(-c2ccc(-c3ccc(-c4ccccc4)cc3)cc2)c1. The van der Waals surface area contributed by atoms with Crippen molar-refractivity contribution in [3.8, 4) is 33.4 Å². The highest BCUT2D eigenvalue weighted by molar-refractivity contribution is 5.73. The Morgan fingerprint density at radius 2 is 0.875 bits per heavy atom. The van der Waals surface area contributed by atoms with Gasteiger partial charge in [0.15, 0.2) is 0 Å². The molecule has 1 heterocycles. The van der Waals surface area contributed by atoms with Gasteiger partial charge in [-0.2, -0.15) is 0 Å². The molecule has 0 aliphatic carbocycles. The van der Waals surface area contributed by atoms with E-state index in [2.05, 4.69) is 95.8 Å². The minimum atomic E-state index is 1.24.